The highest BCUT2D eigenvalue weighted by Gasteiger charge is 2.06. The second-order valence-electron chi connectivity index (χ2n) is 4.90. The lowest BCUT2D eigenvalue weighted by molar-refractivity contribution is 0.998. The van der Waals surface area contributed by atoms with Crippen LogP contribution in [0.1, 0.15) is 16.8 Å². The van der Waals surface area contributed by atoms with E-state index in [0.717, 1.165) is 22.6 Å². The maximum atomic E-state index is 5.39. The van der Waals surface area contributed by atoms with Gasteiger partial charge in [-0.3, -0.25) is 4.57 Å². The van der Waals surface area contributed by atoms with Crippen molar-refractivity contribution in [3.63, 3.8) is 0 Å². The standard InChI is InChI=1S/C17H16N2S/c1-13-12-19(17(20)18-13)16-10-6-5-9-15(16)11-14-7-3-2-4-8-14/h2-10,12H,11H2,1H3,(H,18,20). The molecule has 0 aliphatic rings. The van der Waals surface area contributed by atoms with Crippen LogP contribution in [0.5, 0.6) is 0 Å². The van der Waals surface area contributed by atoms with Gasteiger partial charge in [-0.05, 0) is 42.8 Å². The Morgan fingerprint density at radius 3 is 2.40 bits per heavy atom. The van der Waals surface area contributed by atoms with E-state index in [1.165, 1.54) is 11.1 Å². The van der Waals surface area contributed by atoms with Crippen LogP contribution >= 0.6 is 12.2 Å². The van der Waals surface area contributed by atoms with Crippen LogP contribution < -0.4 is 0 Å². The average Bonchev–Trinajstić information content (AvgIpc) is 2.79. The Morgan fingerprint density at radius 2 is 1.70 bits per heavy atom. The summed E-state index contributed by atoms with van der Waals surface area (Å²) < 4.78 is 2.78. The Kier molecular flexibility index (Phi) is 3.52. The predicted octanol–water partition coefficient (Wildman–Crippen LogP) is 4.43. The van der Waals surface area contributed by atoms with Crippen molar-refractivity contribution in [1.82, 2.24) is 9.55 Å². The van der Waals surface area contributed by atoms with Gasteiger partial charge in [0.15, 0.2) is 4.77 Å². The number of imidazole rings is 1. The summed E-state index contributed by atoms with van der Waals surface area (Å²) in [6.07, 6.45) is 2.95. The lowest BCUT2D eigenvalue weighted by atomic mass is 10.0. The van der Waals surface area contributed by atoms with E-state index < -0.39 is 0 Å². The molecule has 0 spiro atoms. The molecular weight excluding hydrogens is 264 g/mol. The second kappa shape index (κ2) is 5.47. The first kappa shape index (κ1) is 12.9. The zero-order chi connectivity index (χ0) is 13.9. The molecule has 1 heterocycles. The number of aryl methyl sites for hydroxylation is 1. The number of rotatable bonds is 3. The highest BCUT2D eigenvalue weighted by Crippen LogP contribution is 2.19. The highest BCUT2D eigenvalue weighted by molar-refractivity contribution is 7.71. The van der Waals surface area contributed by atoms with E-state index in [9.17, 15) is 0 Å². The Morgan fingerprint density at radius 1 is 1.00 bits per heavy atom. The van der Waals surface area contributed by atoms with Crippen molar-refractivity contribution in [3.05, 3.63) is 82.4 Å². The minimum Gasteiger partial charge on any atom is -0.335 e. The van der Waals surface area contributed by atoms with E-state index in [2.05, 4.69) is 47.4 Å². The van der Waals surface area contributed by atoms with Gasteiger partial charge in [-0.2, -0.15) is 0 Å². The number of nitrogens with zero attached hydrogens (tertiary/aromatic N) is 1. The second-order valence-corrected chi connectivity index (χ2v) is 5.29. The summed E-state index contributed by atoms with van der Waals surface area (Å²) in [5.41, 5.74) is 4.79. The zero-order valence-corrected chi connectivity index (χ0v) is 12.2. The van der Waals surface area contributed by atoms with Crippen LogP contribution in [-0.2, 0) is 6.42 Å². The Bertz CT molecular complexity index is 769. The van der Waals surface area contributed by atoms with Crippen LogP contribution in [0, 0.1) is 11.7 Å². The van der Waals surface area contributed by atoms with Crippen molar-refractivity contribution in [3.8, 4) is 5.69 Å². The lowest BCUT2D eigenvalue weighted by Crippen LogP contribution is -1.99. The summed E-state index contributed by atoms with van der Waals surface area (Å²) in [5.74, 6) is 0. The van der Waals surface area contributed by atoms with Crippen LogP contribution in [0.2, 0.25) is 0 Å². The lowest BCUT2D eigenvalue weighted by Gasteiger charge is -2.10. The third-order valence-corrected chi connectivity index (χ3v) is 3.63. The van der Waals surface area contributed by atoms with Gasteiger partial charge in [0.2, 0.25) is 0 Å². The quantitative estimate of drug-likeness (QED) is 0.704. The third-order valence-electron chi connectivity index (χ3n) is 3.33. The van der Waals surface area contributed by atoms with Gasteiger partial charge in [0.05, 0.1) is 5.69 Å². The molecule has 2 aromatic carbocycles. The third kappa shape index (κ3) is 2.58. The van der Waals surface area contributed by atoms with Gasteiger partial charge in [0.25, 0.3) is 0 Å². The Balaban J connectivity index is 2.05. The molecule has 0 radical (unpaired) electrons. The molecule has 1 N–H and O–H groups in total. The number of aromatic amines is 1. The maximum absolute atomic E-state index is 5.39. The van der Waals surface area contributed by atoms with Crippen molar-refractivity contribution >= 4 is 12.2 Å². The summed E-state index contributed by atoms with van der Waals surface area (Å²) in [5, 5.41) is 0. The number of hydrogen-bond donors (Lipinski definition) is 1. The van der Waals surface area contributed by atoms with Gasteiger partial charge >= 0.3 is 0 Å². The predicted molar refractivity (Wildman–Crippen MR) is 84.9 cm³/mol. The minimum atomic E-state index is 0.739. The van der Waals surface area contributed by atoms with Gasteiger partial charge in [0, 0.05) is 11.9 Å². The summed E-state index contributed by atoms with van der Waals surface area (Å²) >= 11 is 5.39. The van der Waals surface area contributed by atoms with Crippen LogP contribution in [0.15, 0.2) is 60.8 Å². The summed E-state index contributed by atoms with van der Waals surface area (Å²) in [7, 11) is 0. The van der Waals surface area contributed by atoms with Crippen molar-refractivity contribution in [2.75, 3.05) is 0 Å². The van der Waals surface area contributed by atoms with Crippen LogP contribution in [-0.4, -0.2) is 9.55 Å². The van der Waals surface area contributed by atoms with E-state index in [1.54, 1.807) is 0 Å². The fourth-order valence-corrected chi connectivity index (χ4v) is 2.72. The van der Waals surface area contributed by atoms with Crippen molar-refractivity contribution < 1.29 is 0 Å². The molecule has 1 aromatic heterocycles. The molecule has 0 saturated heterocycles. The number of para-hydroxylation sites is 1. The largest absolute Gasteiger partial charge is 0.335 e. The molecule has 0 atom stereocenters. The Hall–Kier alpha value is -2.13. The molecule has 2 nitrogen and oxygen atoms in total. The average molecular weight is 280 g/mol. The van der Waals surface area contributed by atoms with Crippen LogP contribution in [0.25, 0.3) is 5.69 Å². The van der Waals surface area contributed by atoms with Crippen LogP contribution in [0.4, 0.5) is 0 Å². The summed E-state index contributed by atoms with van der Waals surface area (Å²) in [6.45, 7) is 2.02. The molecule has 20 heavy (non-hydrogen) atoms. The summed E-state index contributed by atoms with van der Waals surface area (Å²) in [4.78, 5) is 3.17. The first-order valence-electron chi connectivity index (χ1n) is 6.64. The fraction of sp³-hybridized carbons (Fsp3) is 0.118. The van der Waals surface area contributed by atoms with E-state index in [-0.39, 0.29) is 0 Å². The molecule has 3 aromatic rings. The topological polar surface area (TPSA) is 20.7 Å². The van der Waals surface area contributed by atoms with E-state index >= 15 is 0 Å². The zero-order valence-electron chi connectivity index (χ0n) is 11.3. The first-order chi connectivity index (χ1) is 9.74. The molecule has 0 aliphatic heterocycles. The molecule has 3 rings (SSSR count). The van der Waals surface area contributed by atoms with Gasteiger partial charge in [-0.25, -0.2) is 0 Å². The monoisotopic (exact) mass is 280 g/mol. The molecule has 0 aliphatic carbocycles. The SMILES string of the molecule is Cc1cn(-c2ccccc2Cc2ccccc2)c(=S)[nH]1. The van der Waals surface area contributed by atoms with Crippen molar-refractivity contribution in [1.29, 1.82) is 0 Å². The minimum absolute atomic E-state index is 0.739. The maximum Gasteiger partial charge on any atom is 0.181 e. The van der Waals surface area contributed by atoms with E-state index in [1.807, 2.05) is 29.8 Å². The summed E-state index contributed by atoms with van der Waals surface area (Å²) in [6, 6.07) is 18.9. The van der Waals surface area contributed by atoms with Gasteiger partial charge in [-0.15, -0.1) is 0 Å². The van der Waals surface area contributed by atoms with E-state index in [0.29, 0.717) is 0 Å². The molecule has 0 unspecified atom stereocenters. The van der Waals surface area contributed by atoms with Crippen molar-refractivity contribution in [2.24, 2.45) is 0 Å². The number of nitrogens with one attached hydrogen (secondary N) is 1. The molecular formula is C17H16N2S. The fourth-order valence-electron chi connectivity index (χ4n) is 2.40. The van der Waals surface area contributed by atoms with Gasteiger partial charge in [-0.1, -0.05) is 48.5 Å². The van der Waals surface area contributed by atoms with E-state index in [4.69, 9.17) is 12.2 Å². The van der Waals surface area contributed by atoms with Gasteiger partial charge < -0.3 is 4.98 Å². The normalized spacial score (nSPS) is 10.7. The molecule has 0 saturated carbocycles. The Labute approximate surface area is 123 Å². The molecule has 3 heteroatoms. The number of hydrogen-bond acceptors (Lipinski definition) is 1. The molecule has 0 amide bonds. The number of benzene rings is 2. The number of H-pyrrole nitrogens is 1. The first-order valence-corrected chi connectivity index (χ1v) is 7.05. The smallest absolute Gasteiger partial charge is 0.181 e. The molecule has 100 valence electrons. The number of aromatic nitrogens is 2. The molecule has 0 bridgehead atoms. The molecule has 0 fully saturated rings. The highest BCUT2D eigenvalue weighted by atomic mass is 32.1. The van der Waals surface area contributed by atoms with Gasteiger partial charge in [0.1, 0.15) is 0 Å². The van der Waals surface area contributed by atoms with Crippen LogP contribution in [0.3, 0.4) is 0 Å². The van der Waals surface area contributed by atoms with Crippen molar-refractivity contribution in [2.45, 2.75) is 13.3 Å².